The van der Waals surface area contributed by atoms with Crippen molar-refractivity contribution < 1.29 is 9.53 Å². The Balaban J connectivity index is 1.68. The molecule has 2 aromatic rings. The van der Waals surface area contributed by atoms with Crippen LogP contribution in [0.4, 0.5) is 5.69 Å². The standard InChI is InChI=1S/C23H29ClN2O2/c1-3-4-5-8-15-25-16-21-22(28-19-13-11-18(24)12-14-19)23(27)26(21)20-10-7-6-9-17(20)2/h6-7,9-14,21-22,25H,3-5,8,15-16H2,1-2H3. The van der Waals surface area contributed by atoms with Gasteiger partial charge in [0.2, 0.25) is 0 Å². The fraction of sp³-hybridized carbons (Fsp3) is 0.435. The Morgan fingerprint density at radius 1 is 1.07 bits per heavy atom. The molecule has 5 heteroatoms. The first-order valence-electron chi connectivity index (χ1n) is 10.1. The number of β-lactam (4-membered cyclic amide) rings is 1. The second-order valence-corrected chi connectivity index (χ2v) is 7.76. The molecule has 1 aliphatic rings. The van der Waals surface area contributed by atoms with E-state index in [9.17, 15) is 4.79 Å². The molecule has 2 aromatic carbocycles. The number of benzene rings is 2. The summed E-state index contributed by atoms with van der Waals surface area (Å²) in [6.45, 7) is 5.92. The fourth-order valence-electron chi connectivity index (χ4n) is 3.56. The van der Waals surface area contributed by atoms with Crippen molar-refractivity contribution in [2.75, 3.05) is 18.0 Å². The molecule has 1 fully saturated rings. The third-order valence-electron chi connectivity index (χ3n) is 5.17. The maximum atomic E-state index is 12.9. The van der Waals surface area contributed by atoms with E-state index in [1.165, 1.54) is 19.3 Å². The van der Waals surface area contributed by atoms with E-state index in [1.807, 2.05) is 36.1 Å². The summed E-state index contributed by atoms with van der Waals surface area (Å²) in [6.07, 6.45) is 4.40. The van der Waals surface area contributed by atoms with Crippen molar-refractivity contribution in [3.8, 4) is 5.75 Å². The number of halogens is 1. The van der Waals surface area contributed by atoms with Gasteiger partial charge in [-0.15, -0.1) is 0 Å². The summed E-state index contributed by atoms with van der Waals surface area (Å²) >= 11 is 5.95. The highest BCUT2D eigenvalue weighted by molar-refractivity contribution is 6.30. The molecule has 4 nitrogen and oxygen atoms in total. The van der Waals surface area contributed by atoms with Crippen LogP contribution in [0.5, 0.6) is 5.75 Å². The first kappa shape index (κ1) is 20.7. The molecule has 1 saturated heterocycles. The summed E-state index contributed by atoms with van der Waals surface area (Å²) in [5.41, 5.74) is 2.05. The zero-order valence-electron chi connectivity index (χ0n) is 16.7. The molecular weight excluding hydrogens is 372 g/mol. The molecule has 1 N–H and O–H groups in total. The van der Waals surface area contributed by atoms with E-state index in [0.717, 1.165) is 24.2 Å². The molecule has 28 heavy (non-hydrogen) atoms. The average Bonchev–Trinajstić information content (AvgIpc) is 2.70. The van der Waals surface area contributed by atoms with Gasteiger partial charge in [0.25, 0.3) is 5.91 Å². The van der Waals surface area contributed by atoms with Gasteiger partial charge in [0.1, 0.15) is 5.75 Å². The Hall–Kier alpha value is -2.04. The van der Waals surface area contributed by atoms with Crippen molar-refractivity contribution >= 4 is 23.2 Å². The van der Waals surface area contributed by atoms with Crippen molar-refractivity contribution in [1.82, 2.24) is 5.32 Å². The Morgan fingerprint density at radius 3 is 2.54 bits per heavy atom. The molecule has 2 atom stereocenters. The Kier molecular flexibility index (Phi) is 7.35. The molecule has 1 amide bonds. The second kappa shape index (κ2) is 9.94. The number of carbonyl (C=O) groups is 1. The maximum Gasteiger partial charge on any atom is 0.270 e. The summed E-state index contributed by atoms with van der Waals surface area (Å²) in [5.74, 6) is 0.669. The molecule has 0 radical (unpaired) electrons. The van der Waals surface area contributed by atoms with Gasteiger partial charge < -0.3 is 15.0 Å². The first-order chi connectivity index (χ1) is 13.6. The lowest BCUT2D eigenvalue weighted by atomic mass is 9.95. The topological polar surface area (TPSA) is 41.6 Å². The van der Waals surface area contributed by atoms with Crippen LogP contribution in [-0.2, 0) is 4.79 Å². The van der Waals surface area contributed by atoms with E-state index in [2.05, 4.69) is 12.2 Å². The minimum atomic E-state index is -0.482. The van der Waals surface area contributed by atoms with Crippen LogP contribution in [0.25, 0.3) is 0 Å². The Labute approximate surface area is 172 Å². The summed E-state index contributed by atoms with van der Waals surface area (Å²) in [6, 6.07) is 15.1. The van der Waals surface area contributed by atoms with Gasteiger partial charge >= 0.3 is 0 Å². The van der Waals surface area contributed by atoms with Gasteiger partial charge in [-0.05, 0) is 55.8 Å². The zero-order valence-corrected chi connectivity index (χ0v) is 17.4. The van der Waals surface area contributed by atoms with Gasteiger partial charge in [-0.3, -0.25) is 4.79 Å². The number of unbranched alkanes of at least 4 members (excludes halogenated alkanes) is 3. The molecule has 0 aromatic heterocycles. The van der Waals surface area contributed by atoms with Crippen LogP contribution < -0.4 is 15.0 Å². The molecule has 0 aliphatic carbocycles. The van der Waals surface area contributed by atoms with Crippen LogP contribution in [0.3, 0.4) is 0 Å². The van der Waals surface area contributed by atoms with Gasteiger partial charge in [0.05, 0.1) is 6.04 Å². The molecule has 3 rings (SSSR count). The summed E-state index contributed by atoms with van der Waals surface area (Å²) < 4.78 is 6.03. The lowest BCUT2D eigenvalue weighted by Crippen LogP contribution is -2.70. The number of hydrogen-bond acceptors (Lipinski definition) is 3. The number of amides is 1. The molecular formula is C23H29ClN2O2. The number of carbonyl (C=O) groups excluding carboxylic acids is 1. The molecule has 0 bridgehead atoms. The van der Waals surface area contributed by atoms with Crippen LogP contribution in [0.1, 0.15) is 38.2 Å². The number of nitrogens with zero attached hydrogens (tertiary/aromatic N) is 1. The second-order valence-electron chi connectivity index (χ2n) is 7.32. The zero-order chi connectivity index (χ0) is 19.9. The number of hydrogen-bond donors (Lipinski definition) is 1. The van der Waals surface area contributed by atoms with Crippen molar-refractivity contribution in [2.24, 2.45) is 0 Å². The van der Waals surface area contributed by atoms with Gasteiger partial charge in [-0.1, -0.05) is 56.0 Å². The van der Waals surface area contributed by atoms with E-state index in [4.69, 9.17) is 16.3 Å². The quantitative estimate of drug-likeness (QED) is 0.451. The summed E-state index contributed by atoms with van der Waals surface area (Å²) in [7, 11) is 0. The normalized spacial score (nSPS) is 18.8. The highest BCUT2D eigenvalue weighted by Gasteiger charge is 2.50. The smallest absolute Gasteiger partial charge is 0.270 e. The van der Waals surface area contributed by atoms with Crippen LogP contribution in [0.2, 0.25) is 5.02 Å². The van der Waals surface area contributed by atoms with E-state index in [1.54, 1.807) is 24.3 Å². The number of rotatable bonds is 10. The molecule has 0 spiro atoms. The minimum absolute atomic E-state index is 0.00188. The molecule has 1 aliphatic heterocycles. The van der Waals surface area contributed by atoms with E-state index in [0.29, 0.717) is 17.3 Å². The SMILES string of the molecule is CCCCCCNCC1C(Oc2ccc(Cl)cc2)C(=O)N1c1ccccc1C. The van der Waals surface area contributed by atoms with Gasteiger partial charge in [0, 0.05) is 17.3 Å². The third kappa shape index (κ3) is 4.86. The summed E-state index contributed by atoms with van der Waals surface area (Å²) in [5, 5.41) is 4.17. The van der Waals surface area contributed by atoms with Crippen molar-refractivity contribution in [3.05, 3.63) is 59.1 Å². The lowest BCUT2D eigenvalue weighted by Gasteiger charge is -2.47. The molecule has 150 valence electrons. The minimum Gasteiger partial charge on any atom is -0.478 e. The number of anilines is 1. The third-order valence-corrected chi connectivity index (χ3v) is 5.43. The first-order valence-corrected chi connectivity index (χ1v) is 10.5. The largest absolute Gasteiger partial charge is 0.478 e. The van der Waals surface area contributed by atoms with Crippen molar-refractivity contribution in [2.45, 2.75) is 51.7 Å². The van der Waals surface area contributed by atoms with E-state index in [-0.39, 0.29) is 11.9 Å². The van der Waals surface area contributed by atoms with Gasteiger partial charge in [0.15, 0.2) is 6.10 Å². The van der Waals surface area contributed by atoms with Gasteiger partial charge in [-0.2, -0.15) is 0 Å². The number of nitrogens with one attached hydrogen (secondary N) is 1. The Bertz CT molecular complexity index is 778. The predicted octanol–water partition coefficient (Wildman–Crippen LogP) is 4.98. The number of aryl methyl sites for hydroxylation is 1. The van der Waals surface area contributed by atoms with Crippen molar-refractivity contribution in [1.29, 1.82) is 0 Å². The van der Waals surface area contributed by atoms with Crippen molar-refractivity contribution in [3.63, 3.8) is 0 Å². The molecule has 1 heterocycles. The van der Waals surface area contributed by atoms with Crippen LogP contribution >= 0.6 is 11.6 Å². The van der Waals surface area contributed by atoms with Crippen LogP contribution in [0.15, 0.2) is 48.5 Å². The van der Waals surface area contributed by atoms with Crippen LogP contribution in [-0.4, -0.2) is 31.1 Å². The highest BCUT2D eigenvalue weighted by Crippen LogP contribution is 2.33. The number of ether oxygens (including phenoxy) is 1. The molecule has 2 unspecified atom stereocenters. The predicted molar refractivity (Wildman–Crippen MR) is 115 cm³/mol. The summed E-state index contributed by atoms with van der Waals surface area (Å²) in [4.78, 5) is 14.8. The van der Waals surface area contributed by atoms with Crippen LogP contribution in [0, 0.1) is 6.92 Å². The monoisotopic (exact) mass is 400 g/mol. The average molecular weight is 401 g/mol. The lowest BCUT2D eigenvalue weighted by molar-refractivity contribution is -0.134. The Morgan fingerprint density at radius 2 is 1.82 bits per heavy atom. The number of para-hydroxylation sites is 1. The van der Waals surface area contributed by atoms with E-state index >= 15 is 0 Å². The fourth-order valence-corrected chi connectivity index (χ4v) is 3.69. The highest BCUT2D eigenvalue weighted by atomic mass is 35.5. The van der Waals surface area contributed by atoms with Gasteiger partial charge in [-0.25, -0.2) is 0 Å². The van der Waals surface area contributed by atoms with E-state index < -0.39 is 6.10 Å². The maximum absolute atomic E-state index is 12.9. The molecule has 0 saturated carbocycles.